The molecular formula is C41H25Cl4F4N6O+. The number of rotatable bonds is 1. The fourth-order valence-corrected chi connectivity index (χ4v) is 6.31. The van der Waals surface area contributed by atoms with Crippen molar-refractivity contribution >= 4 is 95.3 Å². The van der Waals surface area contributed by atoms with E-state index in [0.717, 1.165) is 16.6 Å². The third-order valence-corrected chi connectivity index (χ3v) is 9.23. The molecule has 4 aromatic carbocycles. The summed E-state index contributed by atoms with van der Waals surface area (Å²) in [6, 6.07) is 23.1. The van der Waals surface area contributed by atoms with E-state index >= 15 is 0 Å². The molecule has 5 aromatic heterocycles. The van der Waals surface area contributed by atoms with Gasteiger partial charge in [0, 0.05) is 56.3 Å². The normalized spacial score (nSPS) is 10.6. The molecule has 0 unspecified atom stereocenters. The van der Waals surface area contributed by atoms with Crippen LogP contribution < -0.4 is 15.0 Å². The Hall–Kier alpha value is -5.85. The molecule has 0 amide bonds. The highest BCUT2D eigenvalue weighted by Gasteiger charge is 2.16. The zero-order chi connectivity index (χ0) is 39.9. The number of fused-ring (bicyclic) bond motifs is 4. The van der Waals surface area contributed by atoms with Crippen LogP contribution in [-0.2, 0) is 0 Å². The summed E-state index contributed by atoms with van der Waals surface area (Å²) in [5.74, 6) is -0.192. The van der Waals surface area contributed by atoms with Gasteiger partial charge in [0.15, 0.2) is 18.6 Å². The fourth-order valence-electron chi connectivity index (χ4n) is 5.42. The largest absolute Gasteiger partial charge is 0.619 e. The van der Waals surface area contributed by atoms with Crippen molar-refractivity contribution in [3.8, 4) is 5.82 Å². The van der Waals surface area contributed by atoms with Crippen molar-refractivity contribution in [3.63, 3.8) is 0 Å². The van der Waals surface area contributed by atoms with Gasteiger partial charge in [0.05, 0.1) is 32.8 Å². The lowest BCUT2D eigenvalue weighted by molar-refractivity contribution is -0.603. The van der Waals surface area contributed by atoms with Gasteiger partial charge in [-0.2, -0.15) is 4.73 Å². The molecule has 7 nitrogen and oxygen atoms in total. The van der Waals surface area contributed by atoms with Crippen LogP contribution in [0.25, 0.3) is 48.9 Å². The first-order chi connectivity index (χ1) is 26.9. The number of pyridine rings is 5. The third-order valence-electron chi connectivity index (χ3n) is 8.03. The van der Waals surface area contributed by atoms with Gasteiger partial charge in [0.2, 0.25) is 0 Å². The number of nitrogen functional groups attached to an aromatic ring is 1. The molecule has 56 heavy (non-hydrogen) atoms. The highest BCUT2D eigenvalue weighted by atomic mass is 35.5. The lowest BCUT2D eigenvalue weighted by atomic mass is 10.1. The van der Waals surface area contributed by atoms with Crippen LogP contribution in [0.4, 0.5) is 23.4 Å². The maximum atomic E-state index is 13.3. The number of hydrogen-bond acceptors (Lipinski definition) is 5. The first-order valence-electron chi connectivity index (χ1n) is 16.2. The fraction of sp³-hybridized carbons (Fsp3) is 0. The average molecular weight is 835 g/mol. The van der Waals surface area contributed by atoms with Crippen LogP contribution in [0.2, 0.25) is 20.1 Å². The van der Waals surface area contributed by atoms with Crippen molar-refractivity contribution in [2.24, 2.45) is 0 Å². The van der Waals surface area contributed by atoms with Crippen LogP contribution in [0.1, 0.15) is 0 Å². The van der Waals surface area contributed by atoms with Gasteiger partial charge in [0.25, 0.3) is 0 Å². The predicted octanol–water partition coefficient (Wildman–Crippen LogP) is 11.2. The molecule has 0 aliphatic rings. The maximum Gasteiger partial charge on any atom is 0.335 e. The van der Waals surface area contributed by atoms with Gasteiger partial charge in [-0.05, 0) is 89.9 Å². The third kappa shape index (κ3) is 9.50. The Balaban J connectivity index is 0.000000128. The number of anilines is 1. The quantitative estimate of drug-likeness (QED) is 0.101. The molecule has 0 fully saturated rings. The molecule has 0 atom stereocenters. The Morgan fingerprint density at radius 2 is 1.00 bits per heavy atom. The number of aromatic nitrogens is 5. The highest BCUT2D eigenvalue weighted by Crippen LogP contribution is 2.28. The summed E-state index contributed by atoms with van der Waals surface area (Å²) in [6.45, 7) is 0. The second-order valence-electron chi connectivity index (χ2n) is 11.8. The average Bonchev–Trinajstić information content (AvgIpc) is 3.18. The van der Waals surface area contributed by atoms with Crippen LogP contribution in [0.3, 0.4) is 0 Å². The minimum atomic E-state index is -0.363. The van der Waals surface area contributed by atoms with Gasteiger partial charge >= 0.3 is 5.82 Å². The molecule has 0 radical (unpaired) electrons. The Morgan fingerprint density at radius 1 is 0.500 bits per heavy atom. The Labute approximate surface area is 336 Å². The molecule has 0 saturated carbocycles. The number of benzene rings is 4. The standard InChI is InChI=1S/C14H9ClFN2.C9H6ClFN2.C9H5ClFNO.C9H5ClFN/c15-13-9-17-14(18-6-2-1-3-7-18)11-5-4-10(16)8-12(11)13;10-8-4-13-9(12)6-2-1-5(11)3-7(6)8;10-9-5-12(13)4-6-1-2-7(11)3-8(6)9;10-9-5-12-4-6-1-2-7(11)3-8(6)9/h1-9H;1-4H,(H2,12,13);1-5H;1-5H/q+1;;;. The molecule has 0 bridgehead atoms. The Kier molecular flexibility index (Phi) is 12.6. The minimum absolute atomic E-state index is 0.256. The zero-order valence-electron chi connectivity index (χ0n) is 28.5. The van der Waals surface area contributed by atoms with E-state index < -0.39 is 0 Å². The number of hydrogen-bond donors (Lipinski definition) is 1. The second-order valence-corrected chi connectivity index (χ2v) is 13.4. The lowest BCUT2D eigenvalue weighted by Crippen LogP contribution is -2.30. The molecule has 280 valence electrons. The zero-order valence-corrected chi connectivity index (χ0v) is 31.5. The van der Waals surface area contributed by atoms with Gasteiger partial charge in [-0.15, -0.1) is 0 Å². The summed E-state index contributed by atoms with van der Waals surface area (Å²) in [4.78, 5) is 12.1. The smallest absolute Gasteiger partial charge is 0.335 e. The number of nitrogens with zero attached hydrogens (tertiary/aromatic N) is 5. The molecule has 15 heteroatoms. The molecule has 9 aromatic rings. The number of halogens is 8. The Bertz CT molecular complexity index is 2860. The predicted molar refractivity (Wildman–Crippen MR) is 214 cm³/mol. The van der Waals surface area contributed by atoms with Crippen LogP contribution in [0.5, 0.6) is 0 Å². The summed E-state index contributed by atoms with van der Waals surface area (Å²) in [6.07, 6.45) is 12.4. The van der Waals surface area contributed by atoms with E-state index in [9.17, 15) is 22.8 Å². The molecule has 0 aliphatic carbocycles. The van der Waals surface area contributed by atoms with E-state index in [2.05, 4.69) is 15.0 Å². The van der Waals surface area contributed by atoms with Gasteiger partial charge in [0.1, 0.15) is 34.1 Å². The van der Waals surface area contributed by atoms with E-state index in [1.807, 2.05) is 35.2 Å². The van der Waals surface area contributed by atoms with E-state index in [-0.39, 0.29) is 28.3 Å². The monoisotopic (exact) mass is 833 g/mol. The molecule has 0 spiro atoms. The summed E-state index contributed by atoms with van der Waals surface area (Å²) >= 11 is 23.4. The molecule has 5 heterocycles. The van der Waals surface area contributed by atoms with Crippen LogP contribution in [0.15, 0.2) is 141 Å². The van der Waals surface area contributed by atoms with Gasteiger partial charge in [-0.25, -0.2) is 27.1 Å². The lowest BCUT2D eigenvalue weighted by Gasteiger charge is -2.02. The van der Waals surface area contributed by atoms with Crippen LogP contribution in [-0.4, -0.2) is 15.0 Å². The van der Waals surface area contributed by atoms with Crippen molar-refractivity contribution in [3.05, 3.63) is 189 Å². The molecule has 0 aliphatic heterocycles. The van der Waals surface area contributed by atoms with Crippen molar-refractivity contribution in [2.75, 3.05) is 5.73 Å². The molecular weight excluding hydrogens is 810 g/mol. The molecule has 0 saturated heterocycles. The minimum Gasteiger partial charge on any atom is -0.619 e. The van der Waals surface area contributed by atoms with Crippen molar-refractivity contribution < 1.29 is 26.9 Å². The van der Waals surface area contributed by atoms with Crippen LogP contribution >= 0.6 is 46.4 Å². The summed E-state index contributed by atoms with van der Waals surface area (Å²) in [7, 11) is 0. The highest BCUT2D eigenvalue weighted by molar-refractivity contribution is 6.36. The van der Waals surface area contributed by atoms with E-state index in [4.69, 9.17) is 52.1 Å². The first-order valence-corrected chi connectivity index (χ1v) is 17.7. The Morgan fingerprint density at radius 3 is 1.64 bits per heavy atom. The molecule has 9 rings (SSSR count). The van der Waals surface area contributed by atoms with E-state index in [1.165, 1.54) is 79.4 Å². The van der Waals surface area contributed by atoms with E-state index in [0.29, 0.717) is 57.9 Å². The maximum absolute atomic E-state index is 13.3. The van der Waals surface area contributed by atoms with Crippen molar-refractivity contribution in [1.29, 1.82) is 0 Å². The summed E-state index contributed by atoms with van der Waals surface area (Å²) in [5, 5.41) is 18.0. The van der Waals surface area contributed by atoms with E-state index in [1.54, 1.807) is 30.6 Å². The van der Waals surface area contributed by atoms with Crippen LogP contribution in [0, 0.1) is 28.5 Å². The second kappa shape index (κ2) is 17.7. The summed E-state index contributed by atoms with van der Waals surface area (Å²) in [5.41, 5.74) is 5.58. The van der Waals surface area contributed by atoms with Crippen molar-refractivity contribution in [1.82, 2.24) is 15.0 Å². The topological polar surface area (TPSA) is 95.5 Å². The van der Waals surface area contributed by atoms with Gasteiger partial charge in [-0.3, -0.25) is 4.98 Å². The SMILES string of the molecule is Fc1ccc2c(-[n+]3ccccc3)ncc(Cl)c2c1.Fc1ccc2cncc(Cl)c2c1.Nc1ncc(Cl)c2cc(F)ccc12.[O-][n+]1cc(Cl)c2cc(F)ccc2c1. The number of nitrogens with two attached hydrogens (primary N) is 1. The first kappa shape index (κ1) is 39.8. The van der Waals surface area contributed by atoms with Crippen molar-refractivity contribution in [2.45, 2.75) is 0 Å². The summed E-state index contributed by atoms with van der Waals surface area (Å²) < 4.78 is 54.1. The molecule has 2 N–H and O–H groups in total. The van der Waals surface area contributed by atoms with Gasteiger partial charge < -0.3 is 10.9 Å². The van der Waals surface area contributed by atoms with Gasteiger partial charge in [-0.1, -0.05) is 52.5 Å².